The first kappa shape index (κ1) is 29.6. The summed E-state index contributed by atoms with van der Waals surface area (Å²) in [6, 6.07) is 1.01. The van der Waals surface area contributed by atoms with Crippen molar-refractivity contribution in [3.05, 3.63) is 33.1 Å². The Morgan fingerprint density at radius 2 is 1.84 bits per heavy atom. The summed E-state index contributed by atoms with van der Waals surface area (Å²) in [5, 5.41) is 25.1. The lowest BCUT2D eigenvalue weighted by atomic mass is 10.1. The molecular formula is C21H31N5O11. The molecule has 2 rings (SSSR count). The third-order valence-corrected chi connectivity index (χ3v) is 5.23. The topological polar surface area (TPSA) is 241 Å². The predicted octanol–water partition coefficient (Wildman–Crippen LogP) is -3.66. The molecule has 7 N–H and O–H groups in total. The number of aromatic nitrogens is 2. The lowest BCUT2D eigenvalue weighted by Gasteiger charge is -2.27. The number of nitrogens with zero attached hydrogens (tertiary/aromatic N) is 1. The summed E-state index contributed by atoms with van der Waals surface area (Å²) >= 11 is 0. The molecule has 206 valence electrons. The number of rotatable bonds is 12. The molecule has 0 aliphatic carbocycles. The molecule has 16 nitrogen and oxygen atoms in total. The summed E-state index contributed by atoms with van der Waals surface area (Å²) in [6.07, 6.45) is -6.06. The highest BCUT2D eigenvalue weighted by Gasteiger charge is 2.47. The number of esters is 2. The van der Waals surface area contributed by atoms with Crippen LogP contribution in [0.1, 0.15) is 39.3 Å². The van der Waals surface area contributed by atoms with E-state index in [9.17, 15) is 39.0 Å². The molecule has 1 aromatic heterocycles. The lowest BCUT2D eigenvalue weighted by Crippen LogP contribution is -2.63. The Hall–Kier alpha value is -3.60. The number of hydrogen-bond acceptors (Lipinski definition) is 12. The summed E-state index contributed by atoms with van der Waals surface area (Å²) < 4.78 is 15.8. The maximum Gasteiger partial charge on any atom is 0.347 e. The van der Waals surface area contributed by atoms with Gasteiger partial charge in [0.1, 0.15) is 12.2 Å². The van der Waals surface area contributed by atoms with Crippen LogP contribution in [0.25, 0.3) is 0 Å². The van der Waals surface area contributed by atoms with Crippen LogP contribution in [0.15, 0.2) is 21.9 Å². The zero-order valence-corrected chi connectivity index (χ0v) is 20.3. The Morgan fingerprint density at radius 1 is 1.16 bits per heavy atom. The number of hydrogen-bond donors (Lipinski definition) is 6. The number of aromatic amines is 1. The minimum Gasteiger partial charge on any atom is -0.466 e. The number of aliphatic hydroxyl groups is 2. The largest absolute Gasteiger partial charge is 0.466 e. The van der Waals surface area contributed by atoms with Crippen LogP contribution in [0.2, 0.25) is 0 Å². The number of H-pyrrole nitrogens is 1. The monoisotopic (exact) mass is 529 g/mol. The first-order chi connectivity index (χ1) is 17.4. The number of carbonyl (C=O) groups excluding carboxylic acids is 4. The van der Waals surface area contributed by atoms with Crippen molar-refractivity contribution in [1.82, 2.24) is 20.2 Å². The van der Waals surface area contributed by atoms with Gasteiger partial charge in [0.2, 0.25) is 5.91 Å². The van der Waals surface area contributed by atoms with E-state index in [1.54, 1.807) is 6.92 Å². The maximum atomic E-state index is 12.4. The zero-order valence-electron chi connectivity index (χ0n) is 20.3. The summed E-state index contributed by atoms with van der Waals surface area (Å²) in [5.74, 6) is -3.37. The van der Waals surface area contributed by atoms with Gasteiger partial charge in [-0.15, -0.1) is 0 Å². The van der Waals surface area contributed by atoms with E-state index in [0.29, 0.717) is 0 Å². The van der Waals surface area contributed by atoms with Crippen molar-refractivity contribution < 1.29 is 43.6 Å². The molecule has 5 atom stereocenters. The molecule has 37 heavy (non-hydrogen) atoms. The van der Waals surface area contributed by atoms with Crippen molar-refractivity contribution >= 4 is 23.8 Å². The molecule has 2 heterocycles. The van der Waals surface area contributed by atoms with Crippen LogP contribution in [-0.2, 0) is 33.4 Å². The second-order valence-corrected chi connectivity index (χ2v) is 8.06. The lowest BCUT2D eigenvalue weighted by molar-refractivity contribution is -0.159. The molecule has 1 aromatic rings. The first-order valence-corrected chi connectivity index (χ1v) is 11.5. The molecule has 0 spiro atoms. The van der Waals surface area contributed by atoms with Gasteiger partial charge in [-0.2, -0.15) is 0 Å². The van der Waals surface area contributed by atoms with Crippen molar-refractivity contribution in [2.45, 2.75) is 63.3 Å². The van der Waals surface area contributed by atoms with E-state index in [-0.39, 0.29) is 32.6 Å². The van der Waals surface area contributed by atoms with Gasteiger partial charge < -0.3 is 35.1 Å². The molecule has 0 bridgehead atoms. The first-order valence-electron chi connectivity index (χ1n) is 11.5. The number of amides is 2. The normalized spacial score (nSPS) is 22.5. The molecule has 0 aromatic carbocycles. The van der Waals surface area contributed by atoms with E-state index < -0.39 is 71.6 Å². The van der Waals surface area contributed by atoms with E-state index in [2.05, 4.69) is 10.6 Å². The minimum atomic E-state index is -2.14. The highest BCUT2D eigenvalue weighted by molar-refractivity contribution is 5.91. The van der Waals surface area contributed by atoms with Crippen molar-refractivity contribution in [2.24, 2.45) is 5.73 Å². The molecule has 0 radical (unpaired) electrons. The van der Waals surface area contributed by atoms with Gasteiger partial charge in [-0.3, -0.25) is 34.5 Å². The van der Waals surface area contributed by atoms with Gasteiger partial charge in [-0.25, -0.2) is 9.59 Å². The van der Waals surface area contributed by atoms with E-state index in [0.717, 1.165) is 16.8 Å². The zero-order chi connectivity index (χ0) is 27.8. The molecule has 1 aliphatic heterocycles. The molecule has 1 fully saturated rings. The van der Waals surface area contributed by atoms with Crippen molar-refractivity contribution in [2.75, 3.05) is 19.8 Å². The van der Waals surface area contributed by atoms with Crippen molar-refractivity contribution in [3.8, 4) is 0 Å². The minimum absolute atomic E-state index is 0.0377. The molecule has 0 unspecified atom stereocenters. The third-order valence-electron chi connectivity index (χ3n) is 5.23. The average molecular weight is 530 g/mol. The number of nitrogens with one attached hydrogen (secondary N) is 3. The van der Waals surface area contributed by atoms with Gasteiger partial charge in [0.05, 0.1) is 19.6 Å². The summed E-state index contributed by atoms with van der Waals surface area (Å²) in [6.45, 7) is 3.02. The summed E-state index contributed by atoms with van der Waals surface area (Å²) in [5.41, 5.74) is 2.19. The van der Waals surface area contributed by atoms with E-state index in [1.165, 1.54) is 6.92 Å². The molecule has 1 saturated heterocycles. The fraction of sp³-hybridized carbons (Fsp3) is 0.619. The predicted molar refractivity (Wildman–Crippen MR) is 122 cm³/mol. The number of carbonyl (C=O) groups is 4. The van der Waals surface area contributed by atoms with E-state index >= 15 is 0 Å². The fourth-order valence-electron chi connectivity index (χ4n) is 3.47. The molecule has 2 amide bonds. The molecule has 16 heteroatoms. The molecular weight excluding hydrogens is 498 g/mol. The van der Waals surface area contributed by atoms with Crippen molar-refractivity contribution in [1.29, 1.82) is 0 Å². The average Bonchev–Trinajstić information content (AvgIpc) is 3.11. The van der Waals surface area contributed by atoms with Crippen LogP contribution < -0.4 is 27.6 Å². The number of ether oxygens (including phenoxy) is 3. The summed E-state index contributed by atoms with van der Waals surface area (Å²) in [4.78, 5) is 73.9. The number of nitrogens with two attached hydrogens (primary N) is 1. The van der Waals surface area contributed by atoms with Crippen LogP contribution in [0, 0.1) is 0 Å². The number of aliphatic hydroxyl groups excluding tert-OH is 2. The molecule has 0 saturated carbocycles. The van der Waals surface area contributed by atoms with Crippen LogP contribution in [0.5, 0.6) is 0 Å². The smallest absolute Gasteiger partial charge is 0.347 e. The second kappa shape index (κ2) is 13.1. The standard InChI is InChI=1S/C21H31N5O11/c1-3-35-13(29)10-21(22,19(33)36-4-2)25-12(28)6-5-8-23-17(32)16-14(30)15(31)18(37-16)26-9-7-11(27)24-20(26)34/h7,9,14-16,18,30-31H,3-6,8,10,22H2,1-2H3,(H,23,32)(H,25,28)(H,24,27,34)/t14-,15+,16+,18-,21+/m1/s1. The van der Waals surface area contributed by atoms with Crippen LogP contribution in [-0.4, -0.2) is 87.3 Å². The van der Waals surface area contributed by atoms with Gasteiger partial charge in [0.25, 0.3) is 11.5 Å². The van der Waals surface area contributed by atoms with Gasteiger partial charge in [0.15, 0.2) is 18.0 Å². The Bertz CT molecular complexity index is 1100. The quantitative estimate of drug-likeness (QED) is 0.0872. The fourth-order valence-corrected chi connectivity index (χ4v) is 3.47. The van der Waals surface area contributed by atoms with E-state index in [4.69, 9.17) is 19.9 Å². The Labute approximate surface area is 210 Å². The highest BCUT2D eigenvalue weighted by atomic mass is 16.6. The van der Waals surface area contributed by atoms with Gasteiger partial charge in [0, 0.05) is 25.2 Å². The van der Waals surface area contributed by atoms with Crippen molar-refractivity contribution in [3.63, 3.8) is 0 Å². The SMILES string of the molecule is CCOC(=O)C[C@](N)(NC(=O)CCCNC(=O)[C@H]1O[C@@H](n2ccc(=O)[nH]c2=O)[C@@H](O)[C@H]1O)C(=O)OCC. The third kappa shape index (κ3) is 7.69. The second-order valence-electron chi connectivity index (χ2n) is 8.06. The van der Waals surface area contributed by atoms with E-state index in [1.807, 2.05) is 4.98 Å². The van der Waals surface area contributed by atoms with Crippen LogP contribution in [0.4, 0.5) is 0 Å². The summed E-state index contributed by atoms with van der Waals surface area (Å²) in [7, 11) is 0. The highest BCUT2D eigenvalue weighted by Crippen LogP contribution is 2.28. The maximum absolute atomic E-state index is 12.4. The Morgan fingerprint density at radius 3 is 2.46 bits per heavy atom. The van der Waals surface area contributed by atoms with Gasteiger partial charge in [-0.1, -0.05) is 0 Å². The van der Waals surface area contributed by atoms with Crippen LogP contribution >= 0.6 is 0 Å². The Kier molecular flexibility index (Phi) is 10.5. The van der Waals surface area contributed by atoms with Crippen LogP contribution in [0.3, 0.4) is 0 Å². The molecule has 1 aliphatic rings. The Balaban J connectivity index is 1.89. The van der Waals surface area contributed by atoms with Gasteiger partial charge >= 0.3 is 17.6 Å². The van der Waals surface area contributed by atoms with Gasteiger partial charge in [-0.05, 0) is 20.3 Å².